The van der Waals surface area contributed by atoms with E-state index >= 15 is 0 Å². The number of nitrogens with one attached hydrogen (secondary N) is 2. The molecular weight excluding hydrogens is 344 g/mol. The first-order chi connectivity index (χ1) is 12.0. The zero-order valence-corrected chi connectivity index (χ0v) is 14.7. The van der Waals surface area contributed by atoms with Gasteiger partial charge in [0.15, 0.2) is 0 Å². The van der Waals surface area contributed by atoms with Crippen molar-refractivity contribution >= 4 is 28.6 Å². The molecule has 0 aliphatic rings. The van der Waals surface area contributed by atoms with Gasteiger partial charge in [-0.3, -0.25) is 0 Å². The summed E-state index contributed by atoms with van der Waals surface area (Å²) in [6.45, 7) is 0.961. The number of benzene rings is 2. The number of likely N-dealkylation sites (N-methyl/N-ethyl adjacent to an activating group) is 1. The molecule has 0 amide bonds. The quantitative estimate of drug-likeness (QED) is 0.645. The lowest BCUT2D eigenvalue weighted by molar-refractivity contribution is 0.0697. The summed E-state index contributed by atoms with van der Waals surface area (Å²) >= 11 is 5.96. The first kappa shape index (κ1) is 18.7. The Labute approximate surface area is 150 Å². The van der Waals surface area contributed by atoms with Crippen LogP contribution >= 0.6 is 11.6 Å². The lowest BCUT2D eigenvalue weighted by Crippen LogP contribution is -2.10. The van der Waals surface area contributed by atoms with Crippen LogP contribution in [0.15, 0.2) is 36.4 Å². The summed E-state index contributed by atoms with van der Waals surface area (Å²) in [4.78, 5) is 10.5. The van der Waals surface area contributed by atoms with Crippen molar-refractivity contribution in [2.24, 2.45) is 0 Å². The number of hydrogen-bond acceptors (Lipinski definition) is 5. The van der Waals surface area contributed by atoms with Gasteiger partial charge in [-0.05, 0) is 55.9 Å². The van der Waals surface area contributed by atoms with Crippen LogP contribution in [0.1, 0.15) is 15.9 Å². The third kappa shape index (κ3) is 5.17. The summed E-state index contributed by atoms with van der Waals surface area (Å²) in [6, 6.07) is 10.4. The number of ether oxygens (including phenoxy) is 1. The summed E-state index contributed by atoms with van der Waals surface area (Å²) in [7, 11) is 3.56. The van der Waals surface area contributed by atoms with E-state index in [0.29, 0.717) is 16.1 Å². The fraction of sp³-hybridized carbons (Fsp3) is 0.235. The van der Waals surface area contributed by atoms with Crippen molar-refractivity contribution in [3.05, 3.63) is 52.5 Å². The SMILES string of the molecule is CNCCc1ccc(OC)c(Cl)c1.O=C(O)c1ccc2n[nH]nc2c1. The van der Waals surface area contributed by atoms with E-state index in [1.807, 2.05) is 25.2 Å². The van der Waals surface area contributed by atoms with Gasteiger partial charge in [-0.25, -0.2) is 4.79 Å². The van der Waals surface area contributed by atoms with Crippen molar-refractivity contribution in [2.75, 3.05) is 20.7 Å². The number of H-pyrrole nitrogens is 1. The van der Waals surface area contributed by atoms with E-state index in [1.54, 1.807) is 13.2 Å². The third-order valence-corrected chi connectivity index (χ3v) is 3.74. The van der Waals surface area contributed by atoms with Crippen molar-refractivity contribution in [2.45, 2.75) is 6.42 Å². The summed E-state index contributed by atoms with van der Waals surface area (Å²) in [5.74, 6) is -0.227. The highest BCUT2D eigenvalue weighted by molar-refractivity contribution is 6.32. The molecule has 2 aromatic carbocycles. The Kier molecular flexibility index (Phi) is 6.73. The van der Waals surface area contributed by atoms with E-state index < -0.39 is 5.97 Å². The molecule has 0 aliphatic heterocycles. The maximum atomic E-state index is 10.5. The number of aromatic carboxylic acids is 1. The Morgan fingerprint density at radius 3 is 2.64 bits per heavy atom. The summed E-state index contributed by atoms with van der Waals surface area (Å²) in [5, 5.41) is 22.4. The molecular formula is C17H19ClN4O3. The minimum absolute atomic E-state index is 0.219. The van der Waals surface area contributed by atoms with Crippen LogP contribution in [-0.2, 0) is 6.42 Å². The molecule has 0 atom stereocenters. The van der Waals surface area contributed by atoms with E-state index in [2.05, 4.69) is 20.7 Å². The van der Waals surface area contributed by atoms with Gasteiger partial charge in [-0.15, -0.1) is 0 Å². The van der Waals surface area contributed by atoms with Gasteiger partial charge in [0, 0.05) is 0 Å². The number of nitrogens with zero attached hydrogens (tertiary/aromatic N) is 2. The maximum Gasteiger partial charge on any atom is 0.335 e. The van der Waals surface area contributed by atoms with E-state index in [9.17, 15) is 4.79 Å². The molecule has 0 aliphatic carbocycles. The van der Waals surface area contributed by atoms with Crippen molar-refractivity contribution in [3.8, 4) is 5.75 Å². The van der Waals surface area contributed by atoms with Gasteiger partial charge in [0.25, 0.3) is 0 Å². The molecule has 0 fully saturated rings. The van der Waals surface area contributed by atoms with Crippen molar-refractivity contribution < 1.29 is 14.6 Å². The number of carboxylic acids is 1. The van der Waals surface area contributed by atoms with E-state index in [0.717, 1.165) is 18.7 Å². The minimum Gasteiger partial charge on any atom is -0.495 e. The van der Waals surface area contributed by atoms with Crippen molar-refractivity contribution in [1.82, 2.24) is 20.7 Å². The third-order valence-electron chi connectivity index (χ3n) is 3.44. The Bertz CT molecular complexity index is 851. The Morgan fingerprint density at radius 1 is 1.24 bits per heavy atom. The van der Waals surface area contributed by atoms with Gasteiger partial charge < -0.3 is 15.2 Å². The highest BCUT2D eigenvalue weighted by Gasteiger charge is 2.04. The van der Waals surface area contributed by atoms with E-state index in [1.165, 1.54) is 17.7 Å². The normalized spacial score (nSPS) is 10.2. The number of aromatic amines is 1. The number of aromatic nitrogens is 3. The number of halogens is 1. The van der Waals surface area contributed by atoms with Crippen molar-refractivity contribution in [1.29, 1.82) is 0 Å². The average Bonchev–Trinajstić information content (AvgIpc) is 3.08. The molecule has 7 nitrogen and oxygen atoms in total. The molecule has 132 valence electrons. The molecule has 0 unspecified atom stereocenters. The molecule has 3 N–H and O–H groups in total. The highest BCUT2D eigenvalue weighted by atomic mass is 35.5. The predicted molar refractivity (Wildman–Crippen MR) is 96.5 cm³/mol. The second kappa shape index (κ2) is 9.00. The van der Waals surface area contributed by atoms with Crippen LogP contribution < -0.4 is 10.1 Å². The molecule has 1 heterocycles. The van der Waals surface area contributed by atoms with Gasteiger partial charge >= 0.3 is 5.97 Å². The van der Waals surface area contributed by atoms with Crippen LogP contribution in [-0.4, -0.2) is 47.2 Å². The largest absolute Gasteiger partial charge is 0.495 e. The minimum atomic E-state index is -0.958. The second-order valence-corrected chi connectivity index (χ2v) is 5.56. The van der Waals surface area contributed by atoms with Gasteiger partial charge in [0.1, 0.15) is 16.8 Å². The number of hydrogen-bond donors (Lipinski definition) is 3. The molecule has 3 rings (SSSR count). The molecule has 0 radical (unpaired) electrons. The number of carbonyl (C=O) groups is 1. The lowest BCUT2D eigenvalue weighted by Gasteiger charge is -2.05. The summed E-state index contributed by atoms with van der Waals surface area (Å²) < 4.78 is 5.06. The van der Waals surface area contributed by atoms with Crippen LogP contribution in [0.25, 0.3) is 11.0 Å². The zero-order chi connectivity index (χ0) is 18.2. The molecule has 8 heteroatoms. The van der Waals surface area contributed by atoms with E-state index in [4.69, 9.17) is 21.4 Å². The molecule has 1 aromatic heterocycles. The first-order valence-electron chi connectivity index (χ1n) is 7.56. The number of carboxylic acid groups (broad SMARTS) is 1. The number of rotatable bonds is 5. The monoisotopic (exact) mass is 362 g/mol. The maximum absolute atomic E-state index is 10.5. The summed E-state index contributed by atoms with van der Waals surface area (Å²) in [6.07, 6.45) is 0.986. The van der Waals surface area contributed by atoms with Crippen LogP contribution in [0.5, 0.6) is 5.75 Å². The molecule has 0 bridgehead atoms. The van der Waals surface area contributed by atoms with Crippen LogP contribution in [0, 0.1) is 0 Å². The Hall–Kier alpha value is -2.64. The Balaban J connectivity index is 0.000000181. The molecule has 25 heavy (non-hydrogen) atoms. The predicted octanol–water partition coefficient (Wildman–Crippen LogP) is 2.77. The topological polar surface area (TPSA) is 100 Å². The molecule has 3 aromatic rings. The first-order valence-corrected chi connectivity index (χ1v) is 7.93. The lowest BCUT2D eigenvalue weighted by atomic mass is 10.1. The number of fused-ring (bicyclic) bond motifs is 1. The Morgan fingerprint density at radius 2 is 2.00 bits per heavy atom. The average molecular weight is 363 g/mol. The fourth-order valence-electron chi connectivity index (χ4n) is 2.11. The van der Waals surface area contributed by atoms with Crippen LogP contribution in [0.3, 0.4) is 0 Å². The number of methoxy groups -OCH3 is 1. The zero-order valence-electron chi connectivity index (χ0n) is 13.9. The second-order valence-electron chi connectivity index (χ2n) is 5.15. The van der Waals surface area contributed by atoms with Gasteiger partial charge in [0.05, 0.1) is 17.7 Å². The standard InChI is InChI=1S/C10H14ClNO.C7H5N3O2/c1-12-6-5-8-3-4-10(13-2)9(11)7-8;11-7(12)4-1-2-5-6(3-4)9-10-8-5/h3-4,7,12H,5-6H2,1-2H3;1-3H,(H,11,12)(H,8,9,10). The van der Waals surface area contributed by atoms with Gasteiger partial charge in [-0.2, -0.15) is 15.4 Å². The van der Waals surface area contributed by atoms with E-state index in [-0.39, 0.29) is 5.56 Å². The smallest absolute Gasteiger partial charge is 0.335 e. The fourth-order valence-corrected chi connectivity index (χ4v) is 2.39. The van der Waals surface area contributed by atoms with Gasteiger partial charge in [0.2, 0.25) is 0 Å². The molecule has 0 saturated carbocycles. The van der Waals surface area contributed by atoms with Crippen LogP contribution in [0.4, 0.5) is 0 Å². The van der Waals surface area contributed by atoms with Crippen LogP contribution in [0.2, 0.25) is 5.02 Å². The van der Waals surface area contributed by atoms with Crippen molar-refractivity contribution in [3.63, 3.8) is 0 Å². The van der Waals surface area contributed by atoms with Gasteiger partial charge in [-0.1, -0.05) is 17.7 Å². The molecule has 0 spiro atoms. The highest BCUT2D eigenvalue weighted by Crippen LogP contribution is 2.24. The molecule has 0 saturated heterocycles. The summed E-state index contributed by atoms with van der Waals surface area (Å²) in [5.41, 5.74) is 2.67.